The molecule has 3 fully saturated rings. The third-order valence-corrected chi connectivity index (χ3v) is 7.70. The van der Waals surface area contributed by atoms with Crippen LogP contribution in [0.15, 0.2) is 66.9 Å². The van der Waals surface area contributed by atoms with Crippen molar-refractivity contribution in [3.05, 3.63) is 78.0 Å². The van der Waals surface area contributed by atoms with Crippen LogP contribution in [0.1, 0.15) is 69.8 Å². The summed E-state index contributed by atoms with van der Waals surface area (Å²) in [6.07, 6.45) is 12.4. The van der Waals surface area contributed by atoms with Gasteiger partial charge in [0.1, 0.15) is 7.05 Å². The molecule has 2 bridgehead atoms. The fourth-order valence-electron chi connectivity index (χ4n) is 5.92. The molecule has 0 unspecified atom stereocenters. The Morgan fingerprint density at radius 2 is 1.39 bits per heavy atom. The summed E-state index contributed by atoms with van der Waals surface area (Å²) in [7, 11) is 2.13. The Hall–Kier alpha value is -2.41. The smallest absolute Gasteiger partial charge is 0.200 e. The van der Waals surface area contributed by atoms with Crippen LogP contribution in [0.25, 0.3) is 22.4 Å². The zero-order valence-corrected chi connectivity index (χ0v) is 19.1. The number of hydrogen-bond donors (Lipinski definition) is 0. The average Bonchev–Trinajstić information content (AvgIpc) is 2.76. The Balaban J connectivity index is 1.41. The summed E-state index contributed by atoms with van der Waals surface area (Å²) in [4.78, 5) is 0. The standard InChI is InChI=1S/C30H36N/c1-22-7-3-4-12-29(22)30-18-17-27(21-31(30)2)25-13-15-26(16-14-25)28-19-23-8-5-9-24(20-28)11-6-10-23/h3-4,7,12-18,21,23-24,28H,5-6,8-11,19-20H2,1-2H3/q+1/i28D. The largest absolute Gasteiger partial charge is 0.212 e. The lowest BCUT2D eigenvalue weighted by molar-refractivity contribution is -0.659. The number of nitrogens with zero attached hydrogens (tertiary/aromatic N) is 1. The molecule has 0 atom stereocenters. The number of aromatic nitrogens is 1. The molecule has 1 aromatic heterocycles. The second-order valence-corrected chi connectivity index (χ2v) is 9.91. The first-order valence-corrected chi connectivity index (χ1v) is 12.2. The van der Waals surface area contributed by atoms with E-state index in [-0.39, 0.29) is 0 Å². The zero-order valence-electron chi connectivity index (χ0n) is 20.1. The van der Waals surface area contributed by atoms with Gasteiger partial charge in [-0.15, -0.1) is 0 Å². The maximum atomic E-state index is 9.45. The minimum absolute atomic E-state index is 0.409. The summed E-state index contributed by atoms with van der Waals surface area (Å²) in [6, 6.07) is 22.0. The molecule has 0 radical (unpaired) electrons. The van der Waals surface area contributed by atoms with Crippen LogP contribution in [-0.4, -0.2) is 0 Å². The Labute approximate surface area is 189 Å². The van der Waals surface area contributed by atoms with Crippen molar-refractivity contribution < 1.29 is 5.94 Å². The lowest BCUT2D eigenvalue weighted by Gasteiger charge is -2.34. The number of aryl methyl sites for hydroxylation is 2. The molecule has 6 rings (SSSR count). The molecule has 0 saturated heterocycles. The normalized spacial score (nSPS) is 26.6. The van der Waals surface area contributed by atoms with E-state index in [1.54, 1.807) is 0 Å². The third kappa shape index (κ3) is 4.47. The molecule has 3 aliphatic rings. The summed E-state index contributed by atoms with van der Waals surface area (Å²) in [5.74, 6) is 1.07. The molecule has 0 aliphatic heterocycles. The first-order valence-electron chi connectivity index (χ1n) is 12.7. The van der Waals surface area contributed by atoms with Crippen LogP contribution in [0.5, 0.6) is 0 Å². The van der Waals surface area contributed by atoms with Gasteiger partial charge in [0.15, 0.2) is 6.20 Å². The van der Waals surface area contributed by atoms with Gasteiger partial charge in [0, 0.05) is 18.6 Å². The van der Waals surface area contributed by atoms with E-state index in [4.69, 9.17) is 0 Å². The van der Waals surface area contributed by atoms with Crippen molar-refractivity contribution in [3.8, 4) is 22.4 Å². The number of rotatable bonds is 3. The highest BCUT2D eigenvalue weighted by Crippen LogP contribution is 2.42. The summed E-state index contributed by atoms with van der Waals surface area (Å²) < 4.78 is 11.7. The molecule has 3 aliphatic carbocycles. The summed E-state index contributed by atoms with van der Waals surface area (Å²) in [5, 5.41) is 0. The van der Waals surface area contributed by atoms with Crippen molar-refractivity contribution in [1.82, 2.24) is 0 Å². The van der Waals surface area contributed by atoms with Gasteiger partial charge in [-0.25, -0.2) is 4.57 Å². The maximum Gasteiger partial charge on any atom is 0.212 e. The number of hydrogen-bond acceptors (Lipinski definition) is 0. The highest BCUT2D eigenvalue weighted by molar-refractivity contribution is 5.66. The van der Waals surface area contributed by atoms with E-state index in [2.05, 4.69) is 85.4 Å². The average molecular weight is 412 g/mol. The second kappa shape index (κ2) is 8.99. The number of pyridine rings is 1. The van der Waals surface area contributed by atoms with Gasteiger partial charge in [0.05, 0.1) is 0 Å². The molecule has 160 valence electrons. The topological polar surface area (TPSA) is 3.88 Å². The Bertz CT molecular complexity index is 1060. The van der Waals surface area contributed by atoms with Gasteiger partial charge >= 0.3 is 0 Å². The fourth-order valence-corrected chi connectivity index (χ4v) is 5.92. The minimum atomic E-state index is -0.409. The van der Waals surface area contributed by atoms with Crippen LogP contribution in [0.4, 0.5) is 0 Å². The van der Waals surface area contributed by atoms with Gasteiger partial charge in [0.2, 0.25) is 5.69 Å². The predicted octanol–water partition coefficient (Wildman–Crippen LogP) is 7.62. The Morgan fingerprint density at radius 3 is 2.00 bits per heavy atom. The van der Waals surface area contributed by atoms with Gasteiger partial charge in [-0.05, 0) is 66.3 Å². The number of benzene rings is 2. The molecule has 2 aromatic carbocycles. The monoisotopic (exact) mass is 411 g/mol. The highest BCUT2D eigenvalue weighted by atomic mass is 14.9. The van der Waals surface area contributed by atoms with Gasteiger partial charge < -0.3 is 0 Å². The quantitative estimate of drug-likeness (QED) is 0.390. The van der Waals surface area contributed by atoms with Crippen LogP contribution in [0, 0.1) is 18.8 Å². The SMILES string of the molecule is [2H]C1(c2ccc(-c3ccc(-c4ccccc4C)[n+](C)c3)cc2)CC2CCCC(CCC2)C1. The highest BCUT2D eigenvalue weighted by Gasteiger charge is 2.27. The molecule has 31 heavy (non-hydrogen) atoms. The van der Waals surface area contributed by atoms with Gasteiger partial charge in [-0.3, -0.25) is 0 Å². The van der Waals surface area contributed by atoms with Crippen LogP contribution in [-0.2, 0) is 7.05 Å². The summed E-state index contributed by atoms with van der Waals surface area (Å²) in [6.45, 7) is 2.17. The zero-order chi connectivity index (χ0) is 22.1. The molecular weight excluding hydrogens is 374 g/mol. The molecule has 3 aromatic rings. The van der Waals surface area contributed by atoms with E-state index in [1.807, 2.05) is 0 Å². The molecule has 1 heterocycles. The van der Waals surface area contributed by atoms with Crippen molar-refractivity contribution in [3.63, 3.8) is 0 Å². The van der Waals surface area contributed by atoms with Gasteiger partial charge in [-0.1, -0.05) is 81.0 Å². The first-order chi connectivity index (χ1) is 15.5. The predicted molar refractivity (Wildman–Crippen MR) is 130 cm³/mol. The molecular formula is C30H36N+. The van der Waals surface area contributed by atoms with E-state index in [1.165, 1.54) is 72.0 Å². The van der Waals surface area contributed by atoms with Gasteiger partial charge in [-0.2, -0.15) is 0 Å². The van der Waals surface area contributed by atoms with Crippen molar-refractivity contribution >= 4 is 0 Å². The summed E-state index contributed by atoms with van der Waals surface area (Å²) >= 11 is 0. The third-order valence-electron chi connectivity index (χ3n) is 7.70. The molecule has 0 amide bonds. The summed E-state index contributed by atoms with van der Waals surface area (Å²) in [5.41, 5.74) is 7.49. The molecule has 3 saturated carbocycles. The van der Waals surface area contributed by atoms with Crippen LogP contribution >= 0.6 is 0 Å². The molecule has 0 N–H and O–H groups in total. The van der Waals surface area contributed by atoms with E-state index >= 15 is 0 Å². The van der Waals surface area contributed by atoms with E-state index in [0.717, 1.165) is 24.7 Å². The number of fused-ring (bicyclic) bond motifs is 6. The van der Waals surface area contributed by atoms with Crippen LogP contribution in [0.2, 0.25) is 0 Å². The Kier molecular flexibility index (Phi) is 5.59. The van der Waals surface area contributed by atoms with Crippen LogP contribution in [0.3, 0.4) is 0 Å². The van der Waals surface area contributed by atoms with Gasteiger partial charge in [0.25, 0.3) is 0 Å². The lowest BCUT2D eigenvalue weighted by Crippen LogP contribution is -2.30. The van der Waals surface area contributed by atoms with Crippen molar-refractivity contribution in [2.75, 3.05) is 0 Å². The van der Waals surface area contributed by atoms with Crippen molar-refractivity contribution in [1.29, 1.82) is 0 Å². The van der Waals surface area contributed by atoms with E-state index in [0.29, 0.717) is 0 Å². The second-order valence-electron chi connectivity index (χ2n) is 9.91. The minimum Gasteiger partial charge on any atom is -0.200 e. The van der Waals surface area contributed by atoms with E-state index < -0.39 is 5.89 Å². The first kappa shape index (κ1) is 19.3. The van der Waals surface area contributed by atoms with Crippen molar-refractivity contribution in [2.45, 2.75) is 64.2 Å². The molecule has 1 nitrogen and oxygen atoms in total. The van der Waals surface area contributed by atoms with Crippen LogP contribution < -0.4 is 4.57 Å². The fraction of sp³-hybridized carbons (Fsp3) is 0.433. The lowest BCUT2D eigenvalue weighted by atomic mass is 9.71. The maximum absolute atomic E-state index is 9.45. The van der Waals surface area contributed by atoms with E-state index in [9.17, 15) is 1.37 Å². The molecule has 1 heteroatoms. The van der Waals surface area contributed by atoms with Crippen molar-refractivity contribution in [2.24, 2.45) is 18.9 Å². The molecule has 0 spiro atoms. The Morgan fingerprint density at radius 1 is 0.774 bits per heavy atom.